The lowest BCUT2D eigenvalue weighted by molar-refractivity contribution is 0.103. The number of nitriles is 4. The van der Waals surface area contributed by atoms with E-state index in [-0.39, 0.29) is 22.7 Å². The van der Waals surface area contributed by atoms with Crippen molar-refractivity contribution in [3.63, 3.8) is 0 Å². The van der Waals surface area contributed by atoms with Gasteiger partial charge in [0, 0.05) is 64.1 Å². The Morgan fingerprint density at radius 3 is 0.910 bits per heavy atom. The maximum Gasteiger partial charge on any atom is 0.194 e. The standard InChI is InChI=1S/C108H104N4O4S6/c1-7-11-15-19-23-27-35-69-43-51-75(52-44-69)107(76-53-45-70(46-54-76)36-28-24-20-16-12-8-2)87-63-91(101-89(115-5)61-79(117-101)59-85-93(73(65-109)66-110)81-39-31-33-41-83(81)97(85)113)119-99(87)103-95(107)105-106(121-103)96-104(122-105)100-88(64-92(120-100)102-90(116-6)62-80(118-102)60-86-94(74(67-111)68-112)82-40-32-34-42-84(82)98(86)114)108(96,77-55-47-71(48-56-77)37-29-25-21-17-13-9-3)78-57-49-72(50-58-78)38-30-26-22-18-14-10-4/h31-34,39-64H,7-30,35-38H2,1-6H3/b85-59-,86-60-. The Morgan fingerprint density at radius 2 is 0.623 bits per heavy atom. The molecule has 0 saturated heterocycles. The Hall–Kier alpha value is -10.4. The number of rotatable bonds is 38. The highest BCUT2D eigenvalue weighted by molar-refractivity contribution is 7.35. The number of ketones is 2. The SMILES string of the molecule is CCCCCCCCc1ccc(C2(c3ccc(CCCCCCCC)cc3)c3cc(-c4sc(/C=C5\C(=O)c6ccccc6C5=C(C#N)C#N)cc4OC)sc3-c3sc4c5c(sc4c32)-c2sc(-c3sc(/C=C4\C(=O)c6ccccc6C4=C(C#N)C#N)cc3OC)cc2C5(c2ccc(CCCCCCCC)cc2)c2ccc(CCCCCCCC)cc2)cc1. The van der Waals surface area contributed by atoms with Crippen LogP contribution in [0.25, 0.3) is 71.7 Å². The predicted octanol–water partition coefficient (Wildman–Crippen LogP) is 31.1. The van der Waals surface area contributed by atoms with Crippen LogP contribution in [0.4, 0.5) is 0 Å². The molecule has 0 amide bonds. The number of methoxy groups -OCH3 is 2. The summed E-state index contributed by atoms with van der Waals surface area (Å²) in [6, 6.07) is 71.0. The maximum atomic E-state index is 14.6. The van der Waals surface area contributed by atoms with Crippen LogP contribution in [0.3, 0.4) is 0 Å². The van der Waals surface area contributed by atoms with Gasteiger partial charge in [0.1, 0.15) is 46.9 Å². The van der Waals surface area contributed by atoms with E-state index < -0.39 is 10.8 Å². The predicted molar refractivity (Wildman–Crippen MR) is 512 cm³/mol. The molecule has 0 saturated carbocycles. The van der Waals surface area contributed by atoms with Crippen LogP contribution in [0, 0.1) is 45.3 Å². The first-order valence-electron chi connectivity index (χ1n) is 44.4. The molecular formula is C108H104N4O4S6. The number of hydrogen-bond acceptors (Lipinski definition) is 14. The fraction of sp³-hybridized carbons (Fsp3) is 0.333. The van der Waals surface area contributed by atoms with E-state index in [0.29, 0.717) is 56.0 Å². The normalized spacial score (nSPS) is 14.4. The summed E-state index contributed by atoms with van der Waals surface area (Å²) in [5, 5.41) is 41.6. The van der Waals surface area contributed by atoms with Gasteiger partial charge in [0.05, 0.1) is 63.7 Å². The third-order valence-corrected chi connectivity index (χ3v) is 33.2. The van der Waals surface area contributed by atoms with Crippen LogP contribution in [0.5, 0.6) is 11.5 Å². The van der Waals surface area contributed by atoms with E-state index in [9.17, 15) is 30.6 Å². The summed E-state index contributed by atoms with van der Waals surface area (Å²) in [5.41, 5.74) is 16.9. The van der Waals surface area contributed by atoms with Gasteiger partial charge in [-0.25, -0.2) is 0 Å². The highest BCUT2D eigenvalue weighted by Gasteiger charge is 2.56. The molecule has 14 heteroatoms. The van der Waals surface area contributed by atoms with Gasteiger partial charge in [-0.3, -0.25) is 9.59 Å². The van der Waals surface area contributed by atoms with Crippen molar-refractivity contribution in [2.24, 2.45) is 0 Å². The van der Waals surface area contributed by atoms with E-state index in [1.165, 1.54) is 224 Å². The molecule has 0 fully saturated rings. The molecule has 4 aliphatic rings. The first kappa shape index (κ1) is 85.2. The fourth-order valence-electron chi connectivity index (χ4n) is 19.3. The Kier molecular flexibility index (Phi) is 27.0. The number of fused-ring (bicyclic) bond motifs is 11. The summed E-state index contributed by atoms with van der Waals surface area (Å²) >= 11 is 10.7. The maximum absolute atomic E-state index is 14.6. The first-order chi connectivity index (χ1) is 59.9. The molecule has 0 radical (unpaired) electrons. The highest BCUT2D eigenvalue weighted by Crippen LogP contribution is 2.71. The minimum absolute atomic E-state index is 0.101. The fourth-order valence-corrected chi connectivity index (χ4v) is 27.5. The van der Waals surface area contributed by atoms with Gasteiger partial charge < -0.3 is 9.47 Å². The van der Waals surface area contributed by atoms with Crippen molar-refractivity contribution in [2.75, 3.05) is 14.2 Å². The van der Waals surface area contributed by atoms with Crippen molar-refractivity contribution in [1.29, 1.82) is 21.0 Å². The summed E-state index contributed by atoms with van der Waals surface area (Å²) in [5.74, 6) is 0.908. The van der Waals surface area contributed by atoms with Crippen LogP contribution in [0.15, 0.2) is 192 Å². The van der Waals surface area contributed by atoms with Crippen molar-refractivity contribution in [3.8, 4) is 74.8 Å². The molecule has 6 heterocycles. The van der Waals surface area contributed by atoms with Crippen molar-refractivity contribution >= 4 is 112 Å². The number of Topliss-reactive ketones (excluding diaryl/α,β-unsaturated/α-hetero) is 2. The lowest BCUT2D eigenvalue weighted by Gasteiger charge is -2.34. The number of ether oxygens (including phenoxy) is 2. The van der Waals surface area contributed by atoms with Gasteiger partial charge >= 0.3 is 0 Å². The molecule has 8 nitrogen and oxygen atoms in total. The van der Waals surface area contributed by atoms with Gasteiger partial charge in [-0.15, -0.1) is 68.0 Å². The quantitative estimate of drug-likeness (QED) is 0.0211. The molecule has 4 aliphatic carbocycles. The molecule has 0 aliphatic heterocycles. The number of carbonyl (C=O) groups is 2. The third-order valence-electron chi connectivity index (χ3n) is 25.5. The molecule has 0 spiro atoms. The number of carbonyl (C=O) groups excluding carboxylic acids is 2. The lowest BCUT2D eigenvalue weighted by atomic mass is 9.67. The number of allylic oxidation sites excluding steroid dienone is 6. The monoisotopic (exact) mass is 1710 g/mol. The molecule has 0 bridgehead atoms. The van der Waals surface area contributed by atoms with Crippen molar-refractivity contribution in [2.45, 2.75) is 218 Å². The molecule has 0 N–H and O–H groups in total. The second kappa shape index (κ2) is 38.6. The van der Waals surface area contributed by atoms with Crippen LogP contribution in [-0.2, 0) is 36.5 Å². The molecule has 0 unspecified atom stereocenters. The summed E-state index contributed by atoms with van der Waals surface area (Å²) in [6.45, 7) is 9.14. The largest absolute Gasteiger partial charge is 0.495 e. The first-order valence-corrected chi connectivity index (χ1v) is 49.3. The Labute approximate surface area is 744 Å². The van der Waals surface area contributed by atoms with Crippen LogP contribution in [0.1, 0.15) is 290 Å². The van der Waals surface area contributed by atoms with Gasteiger partial charge in [0.25, 0.3) is 0 Å². The van der Waals surface area contributed by atoms with Gasteiger partial charge in [0.15, 0.2) is 11.6 Å². The summed E-state index contributed by atoms with van der Waals surface area (Å²) in [4.78, 5) is 39.6. The van der Waals surface area contributed by atoms with E-state index >= 15 is 0 Å². The molecule has 6 aromatic heterocycles. The number of thiophene rings is 6. The Balaban J connectivity index is 0.935. The van der Waals surface area contributed by atoms with Gasteiger partial charge in [-0.05, 0) is 155 Å². The molecule has 0 atom stereocenters. The zero-order valence-electron chi connectivity index (χ0n) is 71.0. The van der Waals surface area contributed by atoms with Gasteiger partial charge in [-0.2, -0.15) is 21.0 Å². The summed E-state index contributed by atoms with van der Waals surface area (Å²) < 4.78 is 15.5. The second-order valence-electron chi connectivity index (χ2n) is 33.2. The summed E-state index contributed by atoms with van der Waals surface area (Å²) in [6.07, 6.45) is 37.2. The average Bonchev–Trinajstić information content (AvgIpc) is 1.48. The van der Waals surface area contributed by atoms with Gasteiger partial charge in [-0.1, -0.05) is 302 Å². The minimum atomic E-state index is -0.828. The summed E-state index contributed by atoms with van der Waals surface area (Å²) in [7, 11) is 3.44. The van der Waals surface area contributed by atoms with E-state index in [0.717, 1.165) is 80.6 Å². The van der Waals surface area contributed by atoms with E-state index in [2.05, 4.69) is 161 Å². The molecule has 16 rings (SSSR count). The van der Waals surface area contributed by atoms with Crippen LogP contribution in [-0.4, -0.2) is 25.8 Å². The van der Waals surface area contributed by atoms with E-state index in [4.69, 9.17) is 9.47 Å². The second-order valence-corrected chi connectivity index (χ2v) is 39.6. The highest BCUT2D eigenvalue weighted by atomic mass is 32.1. The molecule has 122 heavy (non-hydrogen) atoms. The molecular weight excluding hydrogens is 1610 g/mol. The number of nitrogens with zero attached hydrogens (tertiary/aromatic N) is 4. The van der Waals surface area contributed by atoms with Crippen LogP contribution >= 0.6 is 68.0 Å². The van der Waals surface area contributed by atoms with Crippen LogP contribution < -0.4 is 9.47 Å². The van der Waals surface area contributed by atoms with Crippen molar-refractivity contribution < 1.29 is 19.1 Å². The molecule has 6 aromatic carbocycles. The van der Waals surface area contributed by atoms with Crippen molar-refractivity contribution in [3.05, 3.63) is 291 Å². The number of unbranched alkanes of at least 4 members (excludes halogenated alkanes) is 20. The van der Waals surface area contributed by atoms with Gasteiger partial charge in [0.2, 0.25) is 0 Å². The average molecular weight is 1710 g/mol. The Morgan fingerprint density at radius 1 is 0.336 bits per heavy atom. The third kappa shape index (κ3) is 16.1. The van der Waals surface area contributed by atoms with E-state index in [1.807, 2.05) is 106 Å². The number of benzene rings is 6. The smallest absolute Gasteiger partial charge is 0.194 e. The Bertz CT molecular complexity index is 5680. The van der Waals surface area contributed by atoms with Crippen molar-refractivity contribution in [1.82, 2.24) is 0 Å². The number of aryl methyl sites for hydroxylation is 4. The van der Waals surface area contributed by atoms with Crippen LogP contribution in [0.2, 0.25) is 0 Å². The minimum Gasteiger partial charge on any atom is -0.495 e. The zero-order valence-corrected chi connectivity index (χ0v) is 75.9. The number of hydrogen-bond donors (Lipinski definition) is 0. The zero-order chi connectivity index (χ0) is 84.4. The molecule has 616 valence electrons. The molecule has 12 aromatic rings. The topological polar surface area (TPSA) is 148 Å². The van der Waals surface area contributed by atoms with E-state index in [1.54, 1.807) is 49.0 Å². The lowest BCUT2D eigenvalue weighted by Crippen LogP contribution is -2.29.